The van der Waals surface area contributed by atoms with E-state index < -0.39 is 15.9 Å². The van der Waals surface area contributed by atoms with E-state index in [0.29, 0.717) is 24.2 Å². The number of hydrogen-bond acceptors (Lipinski definition) is 5. The van der Waals surface area contributed by atoms with Crippen LogP contribution >= 0.6 is 0 Å². The maximum absolute atomic E-state index is 12.3. The van der Waals surface area contributed by atoms with Crippen molar-refractivity contribution in [3.05, 3.63) is 42.0 Å². The molecule has 122 valence electrons. The zero-order chi connectivity index (χ0) is 16.0. The Morgan fingerprint density at radius 1 is 1.23 bits per heavy atom. The second-order valence-electron chi connectivity index (χ2n) is 5.33. The molecule has 5 nitrogen and oxygen atoms in total. The number of methoxy groups -OCH3 is 1. The third-order valence-electron chi connectivity index (χ3n) is 3.69. The van der Waals surface area contributed by atoms with Gasteiger partial charge in [0.05, 0.1) is 22.9 Å². The van der Waals surface area contributed by atoms with Gasteiger partial charge in [-0.05, 0) is 37.0 Å². The highest BCUT2D eigenvalue weighted by Gasteiger charge is 2.24. The van der Waals surface area contributed by atoms with Crippen molar-refractivity contribution in [2.75, 3.05) is 19.7 Å². The average molecular weight is 326 g/mol. The zero-order valence-corrected chi connectivity index (χ0v) is 13.5. The standard InChI is InChI=1S/C16H22O5S/c1-20-12-21-16-8-7-14(17)11-13(16)9-10-22(18,19)15-5-3-2-4-6-15/h2-6,11,14,16-17H,7-10,12H2,1H3/t14-,16+/m0/s1. The van der Waals surface area contributed by atoms with E-state index in [1.54, 1.807) is 43.5 Å². The number of sulfone groups is 1. The van der Waals surface area contributed by atoms with Gasteiger partial charge in [-0.25, -0.2) is 8.42 Å². The Kier molecular flexibility index (Phi) is 6.14. The van der Waals surface area contributed by atoms with Crippen LogP contribution in [0.15, 0.2) is 46.9 Å². The lowest BCUT2D eigenvalue weighted by atomic mass is 9.93. The van der Waals surface area contributed by atoms with Gasteiger partial charge in [-0.15, -0.1) is 0 Å². The van der Waals surface area contributed by atoms with Crippen molar-refractivity contribution in [2.45, 2.75) is 36.4 Å². The molecule has 1 aliphatic rings. The minimum Gasteiger partial charge on any atom is -0.389 e. The Hall–Kier alpha value is -1.21. The van der Waals surface area contributed by atoms with Crippen LogP contribution in [0.3, 0.4) is 0 Å². The minimum absolute atomic E-state index is 0.00239. The molecule has 2 atom stereocenters. The molecule has 2 rings (SSSR count). The normalized spacial score (nSPS) is 22.4. The Morgan fingerprint density at radius 2 is 1.95 bits per heavy atom. The summed E-state index contributed by atoms with van der Waals surface area (Å²) in [4.78, 5) is 0.321. The van der Waals surface area contributed by atoms with Crippen LogP contribution in [-0.4, -0.2) is 45.4 Å². The van der Waals surface area contributed by atoms with Gasteiger partial charge < -0.3 is 14.6 Å². The van der Waals surface area contributed by atoms with Crippen LogP contribution in [0, 0.1) is 0 Å². The predicted molar refractivity (Wildman–Crippen MR) is 83.2 cm³/mol. The quantitative estimate of drug-likeness (QED) is 0.612. The molecule has 6 heteroatoms. The lowest BCUT2D eigenvalue weighted by molar-refractivity contribution is -0.0670. The van der Waals surface area contributed by atoms with Crippen LogP contribution in [0.2, 0.25) is 0 Å². The smallest absolute Gasteiger partial charge is 0.178 e. The van der Waals surface area contributed by atoms with Gasteiger partial charge in [0.25, 0.3) is 0 Å². The van der Waals surface area contributed by atoms with Crippen LogP contribution in [0.1, 0.15) is 19.3 Å². The zero-order valence-electron chi connectivity index (χ0n) is 12.6. The van der Waals surface area contributed by atoms with Gasteiger partial charge >= 0.3 is 0 Å². The van der Waals surface area contributed by atoms with Gasteiger partial charge in [0.15, 0.2) is 9.84 Å². The number of ether oxygens (including phenoxy) is 2. The third-order valence-corrected chi connectivity index (χ3v) is 5.43. The van der Waals surface area contributed by atoms with Gasteiger partial charge in [0.1, 0.15) is 6.79 Å². The molecule has 1 aromatic carbocycles. The third kappa shape index (κ3) is 4.64. The predicted octanol–water partition coefficient (Wildman–Crippen LogP) is 1.92. The highest BCUT2D eigenvalue weighted by Crippen LogP contribution is 2.25. The average Bonchev–Trinajstić information content (AvgIpc) is 2.53. The first-order valence-electron chi connectivity index (χ1n) is 7.30. The molecule has 0 heterocycles. The van der Waals surface area contributed by atoms with Crippen molar-refractivity contribution in [1.82, 2.24) is 0 Å². The van der Waals surface area contributed by atoms with Crippen LogP contribution < -0.4 is 0 Å². The summed E-state index contributed by atoms with van der Waals surface area (Å²) in [6.07, 6.45) is 2.63. The molecule has 0 radical (unpaired) electrons. The molecule has 0 fully saturated rings. The Labute approximate surface area is 131 Å². The number of benzene rings is 1. The van der Waals surface area contributed by atoms with Crippen molar-refractivity contribution in [3.8, 4) is 0 Å². The molecule has 0 saturated carbocycles. The topological polar surface area (TPSA) is 72.8 Å². The van der Waals surface area contributed by atoms with E-state index >= 15 is 0 Å². The van der Waals surface area contributed by atoms with E-state index in [4.69, 9.17) is 9.47 Å². The van der Waals surface area contributed by atoms with Gasteiger partial charge in [0, 0.05) is 7.11 Å². The fourth-order valence-electron chi connectivity index (χ4n) is 2.53. The van der Waals surface area contributed by atoms with Crippen molar-refractivity contribution >= 4 is 9.84 Å². The fourth-order valence-corrected chi connectivity index (χ4v) is 3.84. The molecule has 0 unspecified atom stereocenters. The van der Waals surface area contributed by atoms with E-state index in [1.165, 1.54) is 0 Å². The Bertz CT molecular complexity index is 594. The SMILES string of the molecule is COCO[C@@H]1CC[C@H](O)C=C1CCS(=O)(=O)c1ccccc1. The monoisotopic (exact) mass is 326 g/mol. The fraction of sp³-hybridized carbons (Fsp3) is 0.500. The molecular formula is C16H22O5S. The number of aliphatic hydroxyl groups excluding tert-OH is 1. The summed E-state index contributed by atoms with van der Waals surface area (Å²) in [5.41, 5.74) is 0.829. The van der Waals surface area contributed by atoms with Crippen LogP contribution in [0.25, 0.3) is 0 Å². The molecular weight excluding hydrogens is 304 g/mol. The molecule has 0 aromatic heterocycles. The first-order valence-corrected chi connectivity index (χ1v) is 8.95. The summed E-state index contributed by atoms with van der Waals surface area (Å²) < 4.78 is 35.1. The van der Waals surface area contributed by atoms with Crippen LogP contribution in [-0.2, 0) is 19.3 Å². The van der Waals surface area contributed by atoms with E-state index in [-0.39, 0.29) is 18.6 Å². The molecule has 1 aliphatic carbocycles. The number of hydrogen-bond donors (Lipinski definition) is 1. The van der Waals surface area contributed by atoms with Gasteiger partial charge in [-0.1, -0.05) is 24.3 Å². The maximum atomic E-state index is 12.3. The van der Waals surface area contributed by atoms with Gasteiger partial charge in [-0.2, -0.15) is 0 Å². The molecule has 0 amide bonds. The van der Waals surface area contributed by atoms with E-state index in [1.807, 2.05) is 0 Å². The van der Waals surface area contributed by atoms with Gasteiger partial charge in [-0.3, -0.25) is 0 Å². The second kappa shape index (κ2) is 7.87. The Balaban J connectivity index is 2.04. The lowest BCUT2D eigenvalue weighted by Gasteiger charge is -2.26. The van der Waals surface area contributed by atoms with Crippen LogP contribution in [0.4, 0.5) is 0 Å². The molecule has 1 N–H and O–H groups in total. The lowest BCUT2D eigenvalue weighted by Crippen LogP contribution is -2.26. The summed E-state index contributed by atoms with van der Waals surface area (Å²) in [6, 6.07) is 8.40. The summed E-state index contributed by atoms with van der Waals surface area (Å²) in [5, 5.41) is 9.76. The Morgan fingerprint density at radius 3 is 2.64 bits per heavy atom. The van der Waals surface area contributed by atoms with Crippen molar-refractivity contribution in [3.63, 3.8) is 0 Å². The van der Waals surface area contributed by atoms with Crippen molar-refractivity contribution < 1.29 is 23.0 Å². The largest absolute Gasteiger partial charge is 0.389 e. The maximum Gasteiger partial charge on any atom is 0.178 e. The van der Waals surface area contributed by atoms with Crippen LogP contribution in [0.5, 0.6) is 0 Å². The second-order valence-corrected chi connectivity index (χ2v) is 7.44. The molecule has 0 bridgehead atoms. The first-order chi connectivity index (χ1) is 10.5. The molecule has 0 spiro atoms. The van der Waals surface area contributed by atoms with Crippen molar-refractivity contribution in [2.24, 2.45) is 0 Å². The molecule has 0 aliphatic heterocycles. The van der Waals surface area contributed by atoms with E-state index in [9.17, 15) is 13.5 Å². The summed E-state index contributed by atoms with van der Waals surface area (Å²) in [6.45, 7) is 0.156. The van der Waals surface area contributed by atoms with E-state index in [2.05, 4.69) is 0 Å². The van der Waals surface area contributed by atoms with E-state index in [0.717, 1.165) is 5.57 Å². The summed E-state index contributed by atoms with van der Waals surface area (Å²) in [7, 11) is -1.79. The number of rotatable bonds is 7. The summed E-state index contributed by atoms with van der Waals surface area (Å²) in [5.74, 6) is 0.00239. The van der Waals surface area contributed by atoms with Gasteiger partial charge in [0.2, 0.25) is 0 Å². The first kappa shape index (κ1) is 17.1. The highest BCUT2D eigenvalue weighted by molar-refractivity contribution is 7.91. The highest BCUT2D eigenvalue weighted by atomic mass is 32.2. The molecule has 0 saturated heterocycles. The molecule has 1 aromatic rings. The molecule has 22 heavy (non-hydrogen) atoms. The number of aliphatic hydroxyl groups is 1. The van der Waals surface area contributed by atoms with Crippen molar-refractivity contribution in [1.29, 1.82) is 0 Å². The summed E-state index contributed by atoms with van der Waals surface area (Å²) >= 11 is 0. The minimum atomic E-state index is -3.33.